The molecule has 14 heavy (non-hydrogen) atoms. The first kappa shape index (κ1) is 9.47. The molecule has 1 aliphatic carbocycles. The number of halogens is 2. The third-order valence-corrected chi connectivity index (χ3v) is 2.49. The van der Waals surface area contributed by atoms with Crippen molar-refractivity contribution >= 4 is 17.2 Å². The van der Waals surface area contributed by atoms with Crippen LogP contribution in [0, 0.1) is 0 Å². The van der Waals surface area contributed by atoms with Crippen molar-refractivity contribution in [1.82, 2.24) is 0 Å². The molecule has 0 heterocycles. The van der Waals surface area contributed by atoms with E-state index in [1.807, 2.05) is 30.3 Å². The Balaban J connectivity index is 2.28. The molecule has 0 amide bonds. The van der Waals surface area contributed by atoms with Crippen LogP contribution in [0.1, 0.15) is 18.4 Å². The molecule has 0 aromatic heterocycles. The summed E-state index contributed by atoms with van der Waals surface area (Å²) in [7, 11) is 0. The molecular weight excluding hydrogens is 199 g/mol. The highest BCUT2D eigenvalue weighted by Crippen LogP contribution is 2.28. The fourth-order valence-corrected chi connectivity index (χ4v) is 1.75. The Morgan fingerprint density at radius 1 is 1.21 bits per heavy atom. The van der Waals surface area contributed by atoms with Gasteiger partial charge in [-0.3, -0.25) is 0 Å². The number of allylic oxidation sites excluding steroid dienone is 4. The van der Waals surface area contributed by atoms with Crippen molar-refractivity contribution in [3.63, 3.8) is 0 Å². The van der Waals surface area contributed by atoms with Gasteiger partial charge >= 0.3 is 0 Å². The maximum Gasteiger partial charge on any atom is 0.101 e. The summed E-state index contributed by atoms with van der Waals surface area (Å²) in [6.45, 7) is 0. The van der Waals surface area contributed by atoms with Crippen LogP contribution >= 0.6 is 11.6 Å². The highest BCUT2D eigenvalue weighted by molar-refractivity contribution is 6.30. The van der Waals surface area contributed by atoms with Gasteiger partial charge in [-0.2, -0.15) is 0 Å². The molecule has 0 spiro atoms. The predicted octanol–water partition coefficient (Wildman–Crippen LogP) is 4.37. The minimum Gasteiger partial charge on any atom is -0.212 e. The first-order valence-corrected chi connectivity index (χ1v) is 4.93. The average molecular weight is 209 g/mol. The maximum atomic E-state index is 13.0. The van der Waals surface area contributed by atoms with Crippen LogP contribution in [0.25, 0.3) is 5.57 Å². The molecule has 1 aromatic carbocycles. The summed E-state index contributed by atoms with van der Waals surface area (Å²) in [6.07, 6.45) is 4.71. The number of hydrogen-bond donors (Lipinski definition) is 0. The van der Waals surface area contributed by atoms with Crippen molar-refractivity contribution in [2.24, 2.45) is 0 Å². The molecule has 1 aliphatic rings. The molecule has 0 nitrogen and oxygen atoms in total. The van der Waals surface area contributed by atoms with Crippen LogP contribution in [-0.2, 0) is 0 Å². The Morgan fingerprint density at radius 2 is 2.07 bits per heavy atom. The number of hydrogen-bond acceptors (Lipinski definition) is 0. The fraction of sp³-hybridized carbons (Fsp3) is 0.167. The summed E-state index contributed by atoms with van der Waals surface area (Å²) in [5.74, 6) is -0.0533. The van der Waals surface area contributed by atoms with Gasteiger partial charge in [-0.1, -0.05) is 29.8 Å². The van der Waals surface area contributed by atoms with Gasteiger partial charge in [0, 0.05) is 11.4 Å². The lowest BCUT2D eigenvalue weighted by Gasteiger charge is -2.10. The number of benzene rings is 1. The molecule has 1 aromatic rings. The van der Waals surface area contributed by atoms with Crippen LogP contribution in [0.4, 0.5) is 4.39 Å². The van der Waals surface area contributed by atoms with E-state index in [0.29, 0.717) is 17.9 Å². The lowest BCUT2D eigenvalue weighted by Crippen LogP contribution is -1.90. The number of rotatable bonds is 1. The third kappa shape index (κ3) is 2.05. The van der Waals surface area contributed by atoms with Gasteiger partial charge in [0.1, 0.15) is 5.83 Å². The van der Waals surface area contributed by atoms with Crippen LogP contribution < -0.4 is 0 Å². The molecule has 72 valence electrons. The van der Waals surface area contributed by atoms with E-state index >= 15 is 0 Å². The zero-order valence-electron chi connectivity index (χ0n) is 7.63. The normalized spacial score (nSPS) is 16.1. The van der Waals surface area contributed by atoms with Crippen molar-refractivity contribution in [2.75, 3.05) is 0 Å². The van der Waals surface area contributed by atoms with Crippen molar-refractivity contribution < 1.29 is 4.39 Å². The highest BCUT2D eigenvalue weighted by atomic mass is 35.5. The van der Waals surface area contributed by atoms with E-state index in [-0.39, 0.29) is 5.83 Å². The maximum absolute atomic E-state index is 13.0. The molecule has 0 unspecified atom stereocenters. The van der Waals surface area contributed by atoms with Gasteiger partial charge in [-0.15, -0.1) is 0 Å². The van der Waals surface area contributed by atoms with Crippen molar-refractivity contribution in [3.05, 3.63) is 52.8 Å². The highest BCUT2D eigenvalue weighted by Gasteiger charge is 2.08. The molecule has 2 heteroatoms. The van der Waals surface area contributed by atoms with Gasteiger partial charge in [0.05, 0.1) is 0 Å². The van der Waals surface area contributed by atoms with Gasteiger partial charge in [0.2, 0.25) is 0 Å². The summed E-state index contributed by atoms with van der Waals surface area (Å²) >= 11 is 5.86. The zero-order chi connectivity index (χ0) is 9.97. The minimum atomic E-state index is -0.0533. The van der Waals surface area contributed by atoms with Gasteiger partial charge in [-0.25, -0.2) is 4.39 Å². The molecular formula is C12H10ClF. The summed E-state index contributed by atoms with van der Waals surface area (Å²) in [6, 6.07) is 7.53. The van der Waals surface area contributed by atoms with Crippen molar-refractivity contribution in [1.29, 1.82) is 0 Å². The molecule has 0 saturated heterocycles. The molecule has 0 N–H and O–H groups in total. The first-order valence-electron chi connectivity index (χ1n) is 4.55. The van der Waals surface area contributed by atoms with Gasteiger partial charge in [-0.05, 0) is 35.8 Å². The van der Waals surface area contributed by atoms with Crippen LogP contribution in [0.2, 0.25) is 5.02 Å². The van der Waals surface area contributed by atoms with E-state index in [1.165, 1.54) is 0 Å². The van der Waals surface area contributed by atoms with E-state index in [9.17, 15) is 4.39 Å². The lowest BCUT2D eigenvalue weighted by atomic mass is 9.97. The molecule has 0 saturated carbocycles. The minimum absolute atomic E-state index is 0.0533. The molecule has 2 rings (SSSR count). The quantitative estimate of drug-likeness (QED) is 0.643. The Kier molecular flexibility index (Phi) is 2.69. The summed E-state index contributed by atoms with van der Waals surface area (Å²) in [5.41, 5.74) is 2.04. The Morgan fingerprint density at radius 3 is 2.79 bits per heavy atom. The molecule has 0 atom stereocenters. The van der Waals surface area contributed by atoms with Crippen LogP contribution in [0.3, 0.4) is 0 Å². The Bertz CT molecular complexity index is 405. The van der Waals surface area contributed by atoms with E-state index in [0.717, 1.165) is 11.1 Å². The van der Waals surface area contributed by atoms with E-state index < -0.39 is 0 Å². The summed E-state index contributed by atoms with van der Waals surface area (Å²) in [5, 5.41) is 0.693. The lowest BCUT2D eigenvalue weighted by molar-refractivity contribution is 0.613. The van der Waals surface area contributed by atoms with Gasteiger partial charge in [0.15, 0.2) is 0 Å². The summed E-state index contributed by atoms with van der Waals surface area (Å²) < 4.78 is 13.0. The van der Waals surface area contributed by atoms with Crippen molar-refractivity contribution in [2.45, 2.75) is 12.8 Å². The topological polar surface area (TPSA) is 0 Å². The van der Waals surface area contributed by atoms with E-state index in [1.54, 1.807) is 6.08 Å². The van der Waals surface area contributed by atoms with Crippen LogP contribution in [-0.4, -0.2) is 0 Å². The average Bonchev–Trinajstić information content (AvgIpc) is 2.18. The SMILES string of the molecule is FC1=CCC=C(c2cccc(Cl)c2)C1. The molecule has 0 fully saturated rings. The monoisotopic (exact) mass is 208 g/mol. The fourth-order valence-electron chi connectivity index (χ4n) is 1.56. The van der Waals surface area contributed by atoms with Crippen LogP contribution in [0.15, 0.2) is 42.2 Å². The standard InChI is InChI=1S/C12H10ClF/c13-11-5-1-3-9(7-11)10-4-2-6-12(14)8-10/h1,3-7H,2,8H2. The van der Waals surface area contributed by atoms with E-state index in [4.69, 9.17) is 11.6 Å². The Labute approximate surface area is 87.7 Å². The molecule has 0 radical (unpaired) electrons. The van der Waals surface area contributed by atoms with Crippen molar-refractivity contribution in [3.8, 4) is 0 Å². The first-order chi connectivity index (χ1) is 6.75. The Hall–Kier alpha value is -1.08. The smallest absolute Gasteiger partial charge is 0.101 e. The predicted molar refractivity (Wildman–Crippen MR) is 57.9 cm³/mol. The second kappa shape index (κ2) is 3.97. The van der Waals surface area contributed by atoms with Gasteiger partial charge < -0.3 is 0 Å². The summed E-state index contributed by atoms with van der Waals surface area (Å²) in [4.78, 5) is 0. The van der Waals surface area contributed by atoms with E-state index in [2.05, 4.69) is 0 Å². The third-order valence-electron chi connectivity index (χ3n) is 2.26. The largest absolute Gasteiger partial charge is 0.212 e. The second-order valence-corrected chi connectivity index (χ2v) is 3.74. The van der Waals surface area contributed by atoms with Gasteiger partial charge in [0.25, 0.3) is 0 Å². The second-order valence-electron chi connectivity index (χ2n) is 3.30. The van der Waals surface area contributed by atoms with Crippen LogP contribution in [0.5, 0.6) is 0 Å². The molecule has 0 aliphatic heterocycles. The zero-order valence-corrected chi connectivity index (χ0v) is 8.39. The molecule has 0 bridgehead atoms.